The fraction of sp³-hybridized carbons (Fsp3) is 0.600. The summed E-state index contributed by atoms with van der Waals surface area (Å²) in [4.78, 5) is 2.40. The average molecular weight is 281 g/mol. The van der Waals surface area contributed by atoms with Gasteiger partial charge in [0.05, 0.1) is 5.75 Å². The second-order valence-electron chi connectivity index (χ2n) is 5.94. The molecule has 0 radical (unpaired) electrons. The van der Waals surface area contributed by atoms with Crippen LogP contribution in [0.4, 0.5) is 0 Å². The number of hydrogen-bond donors (Lipinski definition) is 0. The van der Waals surface area contributed by atoms with Crippen molar-refractivity contribution in [2.75, 3.05) is 25.1 Å². The van der Waals surface area contributed by atoms with E-state index in [0.29, 0.717) is 6.42 Å². The molecule has 1 aliphatic rings. The Morgan fingerprint density at radius 1 is 1.26 bits per heavy atom. The molecule has 4 heteroatoms. The maximum absolute atomic E-state index is 11.2. The van der Waals surface area contributed by atoms with E-state index in [1.165, 1.54) is 17.4 Å². The van der Waals surface area contributed by atoms with Gasteiger partial charge in [0.25, 0.3) is 0 Å². The predicted octanol–water partition coefficient (Wildman–Crippen LogP) is 2.21. The molecule has 2 rings (SSSR count). The summed E-state index contributed by atoms with van der Waals surface area (Å²) < 4.78 is 22.4. The molecule has 0 N–H and O–H groups in total. The van der Waals surface area contributed by atoms with Crippen LogP contribution in [0, 0.1) is 0 Å². The molecule has 0 unspecified atom stereocenters. The van der Waals surface area contributed by atoms with Gasteiger partial charge >= 0.3 is 0 Å². The van der Waals surface area contributed by atoms with Gasteiger partial charge in [-0.2, -0.15) is 0 Å². The number of fused-ring (bicyclic) bond motifs is 1. The van der Waals surface area contributed by atoms with Crippen molar-refractivity contribution in [2.24, 2.45) is 0 Å². The third-order valence-electron chi connectivity index (χ3n) is 4.06. The summed E-state index contributed by atoms with van der Waals surface area (Å²) in [5.74, 6) is 0.279. The lowest BCUT2D eigenvalue weighted by Crippen LogP contribution is -2.47. The van der Waals surface area contributed by atoms with Gasteiger partial charge in [-0.15, -0.1) is 0 Å². The Kier molecular flexibility index (Phi) is 4.02. The van der Waals surface area contributed by atoms with Gasteiger partial charge in [0.15, 0.2) is 0 Å². The Hall–Kier alpha value is -0.870. The molecule has 1 heterocycles. The summed E-state index contributed by atoms with van der Waals surface area (Å²) in [6.45, 7) is 6.30. The van der Waals surface area contributed by atoms with E-state index in [1.54, 1.807) is 0 Å². The minimum atomic E-state index is -2.85. The standard InChI is InChI=1S/C15H23NO2S/c1-15(2)14-8-5-4-7-13(14)9-11-16(15)10-6-12-19(3,17)18/h4-5,7-8H,6,9-12H2,1-3H3. The first kappa shape index (κ1) is 14.5. The maximum atomic E-state index is 11.2. The van der Waals surface area contributed by atoms with Crippen LogP contribution >= 0.6 is 0 Å². The Labute approximate surface area is 116 Å². The molecule has 0 atom stereocenters. The van der Waals surface area contributed by atoms with Gasteiger partial charge in [0.1, 0.15) is 9.84 Å². The molecule has 0 aliphatic carbocycles. The smallest absolute Gasteiger partial charge is 0.147 e. The molecule has 1 aromatic carbocycles. The summed E-state index contributed by atoms with van der Waals surface area (Å²) in [6, 6.07) is 8.57. The minimum absolute atomic E-state index is 0.00759. The summed E-state index contributed by atoms with van der Waals surface area (Å²) in [6.07, 6.45) is 3.08. The zero-order chi connectivity index (χ0) is 14.1. The van der Waals surface area contributed by atoms with Crippen molar-refractivity contribution in [2.45, 2.75) is 32.2 Å². The quantitative estimate of drug-likeness (QED) is 0.849. The third-order valence-corrected chi connectivity index (χ3v) is 5.09. The van der Waals surface area contributed by atoms with E-state index in [4.69, 9.17) is 0 Å². The summed E-state index contributed by atoms with van der Waals surface area (Å²) in [7, 11) is -2.85. The lowest BCUT2D eigenvalue weighted by atomic mass is 9.83. The van der Waals surface area contributed by atoms with E-state index in [-0.39, 0.29) is 11.3 Å². The molecule has 0 aromatic heterocycles. The highest BCUT2D eigenvalue weighted by Gasteiger charge is 2.33. The van der Waals surface area contributed by atoms with E-state index in [9.17, 15) is 8.42 Å². The highest BCUT2D eigenvalue weighted by Crippen LogP contribution is 2.34. The van der Waals surface area contributed by atoms with Gasteiger partial charge < -0.3 is 0 Å². The van der Waals surface area contributed by atoms with Crippen molar-refractivity contribution >= 4 is 9.84 Å². The van der Waals surface area contributed by atoms with Gasteiger partial charge in [0, 0.05) is 18.3 Å². The molecule has 0 saturated heterocycles. The monoisotopic (exact) mass is 281 g/mol. The van der Waals surface area contributed by atoms with Gasteiger partial charge in [0.2, 0.25) is 0 Å². The van der Waals surface area contributed by atoms with Crippen LogP contribution in [0.1, 0.15) is 31.4 Å². The van der Waals surface area contributed by atoms with Crippen LogP contribution < -0.4 is 0 Å². The van der Waals surface area contributed by atoms with E-state index in [2.05, 4.69) is 43.0 Å². The predicted molar refractivity (Wildman–Crippen MR) is 79.1 cm³/mol. The molecule has 3 nitrogen and oxygen atoms in total. The van der Waals surface area contributed by atoms with Crippen LogP contribution in [-0.2, 0) is 21.8 Å². The molecule has 0 spiro atoms. The highest BCUT2D eigenvalue weighted by atomic mass is 32.2. The second-order valence-corrected chi connectivity index (χ2v) is 8.20. The van der Waals surface area contributed by atoms with Crippen molar-refractivity contribution < 1.29 is 8.42 Å². The maximum Gasteiger partial charge on any atom is 0.147 e. The molecule has 1 aromatic rings. The summed E-state index contributed by atoms with van der Waals surface area (Å²) in [5.41, 5.74) is 2.79. The van der Waals surface area contributed by atoms with E-state index >= 15 is 0 Å². The van der Waals surface area contributed by atoms with Crippen LogP contribution in [0.15, 0.2) is 24.3 Å². The molecule has 106 valence electrons. The minimum Gasteiger partial charge on any atom is -0.294 e. The highest BCUT2D eigenvalue weighted by molar-refractivity contribution is 7.90. The zero-order valence-corrected chi connectivity index (χ0v) is 12.8. The van der Waals surface area contributed by atoms with Gasteiger partial charge in [-0.25, -0.2) is 8.42 Å². The molecule has 0 bridgehead atoms. The summed E-state index contributed by atoms with van der Waals surface area (Å²) in [5, 5.41) is 0. The third kappa shape index (κ3) is 3.37. The number of rotatable bonds is 4. The molecule has 1 aliphatic heterocycles. The second kappa shape index (κ2) is 5.25. The van der Waals surface area contributed by atoms with Crippen LogP contribution in [-0.4, -0.2) is 38.4 Å². The Bertz CT molecular complexity index is 549. The van der Waals surface area contributed by atoms with Gasteiger partial charge in [-0.1, -0.05) is 24.3 Å². The normalized spacial score (nSPS) is 19.1. The largest absolute Gasteiger partial charge is 0.294 e. The fourth-order valence-electron chi connectivity index (χ4n) is 2.95. The molecule has 0 amide bonds. The first-order valence-electron chi connectivity index (χ1n) is 6.82. The number of benzene rings is 1. The Morgan fingerprint density at radius 2 is 1.95 bits per heavy atom. The number of hydrogen-bond acceptors (Lipinski definition) is 3. The van der Waals surface area contributed by atoms with E-state index < -0.39 is 9.84 Å². The van der Waals surface area contributed by atoms with Gasteiger partial charge in [-0.3, -0.25) is 4.90 Å². The van der Waals surface area contributed by atoms with Crippen molar-refractivity contribution in [1.82, 2.24) is 4.90 Å². The van der Waals surface area contributed by atoms with Crippen LogP contribution in [0.2, 0.25) is 0 Å². The molecule has 19 heavy (non-hydrogen) atoms. The topological polar surface area (TPSA) is 37.4 Å². The van der Waals surface area contributed by atoms with Crippen molar-refractivity contribution in [3.8, 4) is 0 Å². The lowest BCUT2D eigenvalue weighted by molar-refractivity contribution is 0.107. The van der Waals surface area contributed by atoms with E-state index in [0.717, 1.165) is 19.5 Å². The van der Waals surface area contributed by atoms with Crippen molar-refractivity contribution in [3.05, 3.63) is 35.4 Å². The average Bonchev–Trinajstić information content (AvgIpc) is 2.31. The molecule has 0 fully saturated rings. The fourth-order valence-corrected chi connectivity index (χ4v) is 3.60. The Balaban J connectivity index is 2.09. The molecular formula is C15H23NO2S. The van der Waals surface area contributed by atoms with Crippen LogP contribution in [0.3, 0.4) is 0 Å². The van der Waals surface area contributed by atoms with Crippen molar-refractivity contribution in [1.29, 1.82) is 0 Å². The van der Waals surface area contributed by atoms with Crippen LogP contribution in [0.5, 0.6) is 0 Å². The lowest BCUT2D eigenvalue weighted by Gasteiger charge is -2.44. The molecule has 0 saturated carbocycles. The van der Waals surface area contributed by atoms with Crippen molar-refractivity contribution in [3.63, 3.8) is 0 Å². The van der Waals surface area contributed by atoms with E-state index in [1.807, 2.05) is 0 Å². The first-order valence-corrected chi connectivity index (χ1v) is 8.88. The number of nitrogens with zero attached hydrogens (tertiary/aromatic N) is 1. The molecular weight excluding hydrogens is 258 g/mol. The van der Waals surface area contributed by atoms with Crippen LogP contribution in [0.25, 0.3) is 0 Å². The first-order chi connectivity index (χ1) is 8.81. The van der Waals surface area contributed by atoms with Gasteiger partial charge in [-0.05, 0) is 44.4 Å². The summed E-state index contributed by atoms with van der Waals surface area (Å²) >= 11 is 0. The zero-order valence-electron chi connectivity index (χ0n) is 12.0. The number of sulfone groups is 1. The Morgan fingerprint density at radius 3 is 2.63 bits per heavy atom. The SMILES string of the molecule is CC1(C)c2ccccc2CCN1CCCS(C)(=O)=O.